The van der Waals surface area contributed by atoms with Crippen LogP contribution in [-0.4, -0.2) is 39.8 Å². The number of nitrogens with zero attached hydrogens (tertiary/aromatic N) is 3. The van der Waals surface area contributed by atoms with Gasteiger partial charge < -0.3 is 20.9 Å². The summed E-state index contributed by atoms with van der Waals surface area (Å²) in [6.45, 7) is 2.53. The van der Waals surface area contributed by atoms with Gasteiger partial charge in [0.05, 0.1) is 11.4 Å². The molecule has 1 aromatic heterocycles. The molecule has 0 bridgehead atoms. The summed E-state index contributed by atoms with van der Waals surface area (Å²) in [6.07, 6.45) is 4.44. The maximum Gasteiger partial charge on any atom is 0.320 e. The largest absolute Gasteiger partial charge is 0.397 e. The fourth-order valence-corrected chi connectivity index (χ4v) is 3.64. The molecule has 1 fully saturated rings. The Morgan fingerprint density at radius 2 is 1.65 bits per heavy atom. The molecular formula is C24H25N5O2. The molecule has 2 heterocycles. The second-order valence-corrected chi connectivity index (χ2v) is 7.58. The fraction of sp³-hybridized carbons (Fsp3) is 0.208. The van der Waals surface area contributed by atoms with Crippen molar-refractivity contribution in [3.63, 3.8) is 0 Å². The standard InChI is InChI=1S/C24H25N5O2/c25-21-6-1-2-7-22(21)27-23(30)20-10-8-18(9-11-20)16-28-13-4-14-29(24(28)31)17-19-5-3-12-26-15-19/h1-3,5-12,15H,4,13-14,16-17,25H2,(H,27,30). The molecule has 0 radical (unpaired) electrons. The smallest absolute Gasteiger partial charge is 0.320 e. The Morgan fingerprint density at radius 3 is 2.32 bits per heavy atom. The van der Waals surface area contributed by atoms with Crippen LogP contribution in [0.5, 0.6) is 0 Å². The lowest BCUT2D eigenvalue weighted by molar-refractivity contribution is 0.102. The van der Waals surface area contributed by atoms with Gasteiger partial charge in [-0.15, -0.1) is 0 Å². The minimum atomic E-state index is -0.221. The molecule has 1 aliphatic rings. The molecule has 31 heavy (non-hydrogen) atoms. The van der Waals surface area contributed by atoms with Gasteiger partial charge in [-0.3, -0.25) is 9.78 Å². The Hall–Kier alpha value is -3.87. The lowest BCUT2D eigenvalue weighted by Gasteiger charge is -2.35. The van der Waals surface area contributed by atoms with E-state index in [1.165, 1.54) is 0 Å². The molecule has 0 aliphatic carbocycles. The van der Waals surface area contributed by atoms with E-state index in [9.17, 15) is 9.59 Å². The predicted molar refractivity (Wildman–Crippen MR) is 120 cm³/mol. The van der Waals surface area contributed by atoms with Crippen molar-refractivity contribution in [2.75, 3.05) is 24.1 Å². The van der Waals surface area contributed by atoms with Gasteiger partial charge in [0.15, 0.2) is 0 Å². The lowest BCUT2D eigenvalue weighted by Crippen LogP contribution is -2.48. The summed E-state index contributed by atoms with van der Waals surface area (Å²) in [7, 11) is 0. The van der Waals surface area contributed by atoms with Crippen molar-refractivity contribution in [3.8, 4) is 0 Å². The van der Waals surface area contributed by atoms with Gasteiger partial charge in [-0.25, -0.2) is 4.79 Å². The molecule has 7 heteroatoms. The molecular weight excluding hydrogens is 390 g/mol. The zero-order chi connectivity index (χ0) is 21.6. The molecule has 7 nitrogen and oxygen atoms in total. The molecule has 0 unspecified atom stereocenters. The van der Waals surface area contributed by atoms with Gasteiger partial charge in [-0.2, -0.15) is 0 Å². The Bertz CT molecular complexity index is 1050. The summed E-state index contributed by atoms with van der Waals surface area (Å²) in [5.41, 5.74) is 9.53. The monoisotopic (exact) mass is 415 g/mol. The Morgan fingerprint density at radius 1 is 0.935 bits per heavy atom. The van der Waals surface area contributed by atoms with Gasteiger partial charge in [0.1, 0.15) is 0 Å². The van der Waals surface area contributed by atoms with Crippen LogP contribution in [0.25, 0.3) is 0 Å². The highest BCUT2D eigenvalue weighted by Gasteiger charge is 2.25. The Kier molecular flexibility index (Phi) is 6.12. The molecule has 4 rings (SSSR count). The third kappa shape index (κ3) is 5.01. The van der Waals surface area contributed by atoms with Gasteiger partial charge in [-0.05, 0) is 47.9 Å². The van der Waals surface area contributed by atoms with Crippen LogP contribution in [0, 0.1) is 0 Å². The van der Waals surface area contributed by atoms with Crippen LogP contribution in [-0.2, 0) is 13.1 Å². The number of rotatable bonds is 6. The lowest BCUT2D eigenvalue weighted by atomic mass is 10.1. The summed E-state index contributed by atoms with van der Waals surface area (Å²) >= 11 is 0. The van der Waals surface area contributed by atoms with Crippen LogP contribution in [0.3, 0.4) is 0 Å². The molecule has 2 aromatic carbocycles. The first-order valence-corrected chi connectivity index (χ1v) is 10.3. The quantitative estimate of drug-likeness (QED) is 0.600. The maximum absolute atomic E-state index is 12.9. The third-order valence-corrected chi connectivity index (χ3v) is 5.29. The fourth-order valence-electron chi connectivity index (χ4n) is 3.64. The zero-order valence-electron chi connectivity index (χ0n) is 17.2. The minimum absolute atomic E-state index is 0.0245. The highest BCUT2D eigenvalue weighted by Crippen LogP contribution is 2.19. The van der Waals surface area contributed by atoms with E-state index < -0.39 is 0 Å². The van der Waals surface area contributed by atoms with Gasteiger partial charge in [-0.1, -0.05) is 30.3 Å². The number of hydrogen-bond donors (Lipinski definition) is 2. The minimum Gasteiger partial charge on any atom is -0.397 e. The molecule has 3 N–H and O–H groups in total. The number of para-hydroxylation sites is 2. The third-order valence-electron chi connectivity index (χ3n) is 5.29. The second kappa shape index (κ2) is 9.30. The van der Waals surface area contributed by atoms with Crippen LogP contribution in [0.1, 0.15) is 27.9 Å². The highest BCUT2D eigenvalue weighted by atomic mass is 16.2. The molecule has 3 amide bonds. The summed E-state index contributed by atoms with van der Waals surface area (Å²) in [4.78, 5) is 33.2. The Balaban J connectivity index is 1.37. The molecule has 158 valence electrons. The summed E-state index contributed by atoms with van der Waals surface area (Å²) in [6, 6.07) is 18.3. The van der Waals surface area contributed by atoms with Gasteiger partial charge in [0, 0.05) is 44.1 Å². The molecule has 1 aliphatic heterocycles. The number of carbonyl (C=O) groups is 2. The van der Waals surface area contributed by atoms with Gasteiger partial charge in [0.25, 0.3) is 5.91 Å². The number of urea groups is 1. The van der Waals surface area contributed by atoms with E-state index in [1.807, 2.05) is 46.2 Å². The normalized spacial score (nSPS) is 13.9. The van der Waals surface area contributed by atoms with Crippen LogP contribution in [0.4, 0.5) is 16.2 Å². The van der Waals surface area contributed by atoms with Crippen LogP contribution < -0.4 is 11.1 Å². The van der Waals surface area contributed by atoms with Crippen LogP contribution >= 0.6 is 0 Å². The zero-order valence-corrected chi connectivity index (χ0v) is 17.2. The van der Waals surface area contributed by atoms with Gasteiger partial charge >= 0.3 is 6.03 Å². The molecule has 1 saturated heterocycles. The van der Waals surface area contributed by atoms with E-state index in [4.69, 9.17) is 5.73 Å². The Labute approximate surface area is 181 Å². The number of nitrogen functional groups attached to an aromatic ring is 1. The topological polar surface area (TPSA) is 91.6 Å². The summed E-state index contributed by atoms with van der Waals surface area (Å²) < 4.78 is 0. The summed E-state index contributed by atoms with van der Waals surface area (Å²) in [5, 5.41) is 2.82. The number of nitrogens with one attached hydrogen (secondary N) is 1. The number of hydrogen-bond acceptors (Lipinski definition) is 4. The predicted octanol–water partition coefficient (Wildman–Crippen LogP) is 3.74. The van der Waals surface area contributed by atoms with Crippen LogP contribution in [0.15, 0.2) is 73.1 Å². The van der Waals surface area contributed by atoms with E-state index >= 15 is 0 Å². The number of amides is 3. The van der Waals surface area contributed by atoms with Crippen molar-refractivity contribution in [1.82, 2.24) is 14.8 Å². The van der Waals surface area contributed by atoms with Crippen LogP contribution in [0.2, 0.25) is 0 Å². The maximum atomic E-state index is 12.9. The van der Waals surface area contributed by atoms with Gasteiger partial charge in [0.2, 0.25) is 0 Å². The SMILES string of the molecule is Nc1ccccc1NC(=O)c1ccc(CN2CCCN(Cc3cccnc3)C2=O)cc1. The number of carbonyl (C=O) groups excluding carboxylic acids is 2. The van der Waals surface area contributed by atoms with E-state index in [-0.39, 0.29) is 11.9 Å². The van der Waals surface area contributed by atoms with E-state index in [1.54, 1.807) is 36.7 Å². The highest BCUT2D eigenvalue weighted by molar-refractivity contribution is 6.05. The van der Waals surface area contributed by atoms with E-state index in [0.29, 0.717) is 30.0 Å². The average molecular weight is 415 g/mol. The number of anilines is 2. The first kappa shape index (κ1) is 20.4. The number of benzene rings is 2. The second-order valence-electron chi connectivity index (χ2n) is 7.58. The van der Waals surface area contributed by atoms with E-state index in [0.717, 1.165) is 30.6 Å². The van der Waals surface area contributed by atoms with Crippen molar-refractivity contribution in [3.05, 3.63) is 89.7 Å². The van der Waals surface area contributed by atoms with Crippen molar-refractivity contribution in [2.45, 2.75) is 19.5 Å². The van der Waals surface area contributed by atoms with Crippen molar-refractivity contribution in [2.24, 2.45) is 0 Å². The van der Waals surface area contributed by atoms with Crippen molar-refractivity contribution >= 4 is 23.3 Å². The number of nitrogens with two attached hydrogens (primary N) is 1. The van der Waals surface area contributed by atoms with Crippen molar-refractivity contribution in [1.29, 1.82) is 0 Å². The molecule has 0 saturated carbocycles. The molecule has 3 aromatic rings. The van der Waals surface area contributed by atoms with E-state index in [2.05, 4.69) is 10.3 Å². The van der Waals surface area contributed by atoms with Crippen molar-refractivity contribution < 1.29 is 9.59 Å². The first-order valence-electron chi connectivity index (χ1n) is 10.3. The first-order chi connectivity index (χ1) is 15.1. The number of aromatic nitrogens is 1. The molecule has 0 atom stereocenters. The average Bonchev–Trinajstić information content (AvgIpc) is 2.79. The number of pyridine rings is 1. The molecule has 0 spiro atoms. The summed E-state index contributed by atoms with van der Waals surface area (Å²) in [5.74, 6) is -0.221.